The molecule has 0 aromatic heterocycles. The number of rotatable bonds is 7. The molecule has 1 rings (SSSR count). The first-order chi connectivity index (χ1) is 8.69. The van der Waals surface area contributed by atoms with Crippen molar-refractivity contribution in [2.75, 3.05) is 26.3 Å². The fourth-order valence-corrected chi connectivity index (χ4v) is 2.62. The molecular weight excluding hydrogens is 264 g/mol. The number of ether oxygens (including phenoxy) is 1. The molecule has 1 aliphatic carbocycles. The highest BCUT2D eigenvalue weighted by atomic mass is 35.5. The van der Waals surface area contributed by atoms with Crippen LogP contribution in [-0.4, -0.2) is 43.2 Å². The van der Waals surface area contributed by atoms with Crippen LogP contribution in [0.2, 0.25) is 0 Å². The fraction of sp³-hybridized carbons (Fsp3) is 0.929. The molecule has 19 heavy (non-hydrogen) atoms. The Hall–Kier alpha value is -0.320. The van der Waals surface area contributed by atoms with Crippen molar-refractivity contribution >= 4 is 18.3 Å². The molecule has 1 aliphatic rings. The third-order valence-corrected chi connectivity index (χ3v) is 3.85. The smallest absolute Gasteiger partial charge is 0.222 e. The maximum absolute atomic E-state index is 12.2. The summed E-state index contributed by atoms with van der Waals surface area (Å²) in [6.07, 6.45) is 5.23. The lowest BCUT2D eigenvalue weighted by molar-refractivity contribution is -0.133. The Morgan fingerprint density at radius 1 is 1.32 bits per heavy atom. The van der Waals surface area contributed by atoms with E-state index in [1.165, 1.54) is 12.8 Å². The number of likely N-dealkylation sites (N-methyl/N-ethyl adjacent to an activating group) is 1. The zero-order valence-electron chi connectivity index (χ0n) is 12.3. The topological polar surface area (TPSA) is 55.6 Å². The molecule has 1 fully saturated rings. The third-order valence-electron chi connectivity index (χ3n) is 3.85. The maximum atomic E-state index is 12.2. The van der Waals surface area contributed by atoms with Gasteiger partial charge in [0.15, 0.2) is 0 Å². The Morgan fingerprint density at radius 2 is 2.00 bits per heavy atom. The number of hydrogen-bond acceptors (Lipinski definition) is 3. The van der Waals surface area contributed by atoms with Gasteiger partial charge in [0.1, 0.15) is 0 Å². The van der Waals surface area contributed by atoms with Gasteiger partial charge < -0.3 is 15.4 Å². The monoisotopic (exact) mass is 292 g/mol. The van der Waals surface area contributed by atoms with Crippen LogP contribution in [0.25, 0.3) is 0 Å². The summed E-state index contributed by atoms with van der Waals surface area (Å²) in [6, 6.07) is 0.216. The van der Waals surface area contributed by atoms with Crippen molar-refractivity contribution in [1.29, 1.82) is 0 Å². The molecule has 2 N–H and O–H groups in total. The van der Waals surface area contributed by atoms with E-state index in [1.54, 1.807) is 0 Å². The highest BCUT2D eigenvalue weighted by molar-refractivity contribution is 5.85. The van der Waals surface area contributed by atoms with Gasteiger partial charge in [0.05, 0.1) is 6.61 Å². The first-order valence-electron chi connectivity index (χ1n) is 7.30. The summed E-state index contributed by atoms with van der Waals surface area (Å²) >= 11 is 0. The van der Waals surface area contributed by atoms with Crippen LogP contribution in [0.1, 0.15) is 46.0 Å². The van der Waals surface area contributed by atoms with Gasteiger partial charge >= 0.3 is 0 Å². The molecule has 0 radical (unpaired) electrons. The Morgan fingerprint density at radius 3 is 2.58 bits per heavy atom. The summed E-state index contributed by atoms with van der Waals surface area (Å²) < 4.78 is 5.31. The lowest BCUT2D eigenvalue weighted by Gasteiger charge is -2.30. The van der Waals surface area contributed by atoms with Crippen LogP contribution >= 0.6 is 12.4 Å². The lowest BCUT2D eigenvalue weighted by Crippen LogP contribution is -2.40. The lowest BCUT2D eigenvalue weighted by atomic mass is 9.83. The van der Waals surface area contributed by atoms with Crippen molar-refractivity contribution in [2.24, 2.45) is 11.7 Å². The normalized spacial score (nSPS) is 22.7. The molecule has 0 spiro atoms. The number of amides is 1. The summed E-state index contributed by atoms with van der Waals surface area (Å²) in [5.74, 6) is 0.618. The predicted molar refractivity (Wildman–Crippen MR) is 80.5 cm³/mol. The van der Waals surface area contributed by atoms with E-state index >= 15 is 0 Å². The summed E-state index contributed by atoms with van der Waals surface area (Å²) in [4.78, 5) is 14.1. The number of halogens is 1. The number of nitrogens with two attached hydrogens (primary N) is 1. The Bertz CT molecular complexity index is 252. The minimum atomic E-state index is 0. The second kappa shape index (κ2) is 10.5. The van der Waals surface area contributed by atoms with Crippen LogP contribution in [0.3, 0.4) is 0 Å². The van der Waals surface area contributed by atoms with Gasteiger partial charge in [0.2, 0.25) is 5.91 Å². The molecule has 1 amide bonds. The van der Waals surface area contributed by atoms with E-state index in [9.17, 15) is 4.79 Å². The van der Waals surface area contributed by atoms with Gasteiger partial charge in [0, 0.05) is 32.2 Å². The number of nitrogens with zero attached hydrogens (tertiary/aromatic N) is 1. The van der Waals surface area contributed by atoms with Crippen molar-refractivity contribution < 1.29 is 9.53 Å². The molecule has 5 heteroatoms. The summed E-state index contributed by atoms with van der Waals surface area (Å²) in [5.41, 5.74) is 6.10. The average molecular weight is 293 g/mol. The molecule has 0 heterocycles. The summed E-state index contributed by atoms with van der Waals surface area (Å²) in [7, 11) is 0. The van der Waals surface area contributed by atoms with E-state index in [1.807, 2.05) is 18.7 Å². The highest BCUT2D eigenvalue weighted by Gasteiger charge is 2.25. The van der Waals surface area contributed by atoms with Crippen molar-refractivity contribution in [3.05, 3.63) is 0 Å². The maximum Gasteiger partial charge on any atom is 0.222 e. The third kappa shape index (κ3) is 6.59. The highest BCUT2D eigenvalue weighted by Crippen LogP contribution is 2.26. The van der Waals surface area contributed by atoms with Crippen LogP contribution < -0.4 is 5.73 Å². The first-order valence-corrected chi connectivity index (χ1v) is 7.30. The van der Waals surface area contributed by atoms with Crippen molar-refractivity contribution in [3.8, 4) is 0 Å². The number of hydrogen-bond donors (Lipinski definition) is 1. The van der Waals surface area contributed by atoms with Gasteiger partial charge in [-0.25, -0.2) is 0 Å². The summed E-state index contributed by atoms with van der Waals surface area (Å²) in [5, 5.41) is 0. The standard InChI is InChI=1S/C14H28N2O2.ClH/c1-3-16(9-10-18-4-2)14(17)11-12-7-5-6-8-13(12)15;/h12-13H,3-11,15H2,1-2H3;1H. The molecule has 0 saturated heterocycles. The van der Waals surface area contributed by atoms with Crippen molar-refractivity contribution in [3.63, 3.8) is 0 Å². The number of carbonyl (C=O) groups is 1. The van der Waals surface area contributed by atoms with Gasteiger partial charge in [-0.3, -0.25) is 4.79 Å². The van der Waals surface area contributed by atoms with Gasteiger partial charge in [-0.2, -0.15) is 0 Å². The van der Waals surface area contributed by atoms with Gasteiger partial charge in [-0.15, -0.1) is 12.4 Å². The van der Waals surface area contributed by atoms with E-state index < -0.39 is 0 Å². The van der Waals surface area contributed by atoms with E-state index in [-0.39, 0.29) is 24.4 Å². The van der Waals surface area contributed by atoms with Gasteiger partial charge in [0.25, 0.3) is 0 Å². The van der Waals surface area contributed by atoms with Crippen LogP contribution in [0.5, 0.6) is 0 Å². The van der Waals surface area contributed by atoms with Gasteiger partial charge in [-0.05, 0) is 32.6 Å². The SMILES string of the molecule is CCOCCN(CC)C(=O)CC1CCCCC1N.Cl. The van der Waals surface area contributed by atoms with E-state index in [0.29, 0.717) is 32.1 Å². The largest absolute Gasteiger partial charge is 0.380 e. The Labute approximate surface area is 123 Å². The average Bonchev–Trinajstić information content (AvgIpc) is 2.37. The Balaban J connectivity index is 0.00000324. The second-order valence-electron chi connectivity index (χ2n) is 5.08. The predicted octanol–water partition coefficient (Wildman–Crippen LogP) is 2.20. The fourth-order valence-electron chi connectivity index (χ4n) is 2.62. The molecule has 0 aromatic carbocycles. The van der Waals surface area contributed by atoms with Gasteiger partial charge in [-0.1, -0.05) is 12.8 Å². The molecular formula is C14H29ClN2O2. The molecule has 2 atom stereocenters. The minimum Gasteiger partial charge on any atom is -0.380 e. The molecule has 0 aliphatic heterocycles. The van der Waals surface area contributed by atoms with Crippen molar-refractivity contribution in [2.45, 2.75) is 52.0 Å². The van der Waals surface area contributed by atoms with Crippen LogP contribution in [0.4, 0.5) is 0 Å². The van der Waals surface area contributed by atoms with Crippen LogP contribution in [-0.2, 0) is 9.53 Å². The minimum absolute atomic E-state index is 0. The zero-order chi connectivity index (χ0) is 13.4. The van der Waals surface area contributed by atoms with Crippen LogP contribution in [0, 0.1) is 5.92 Å². The molecule has 2 unspecified atom stereocenters. The van der Waals surface area contributed by atoms with E-state index in [2.05, 4.69) is 0 Å². The van der Waals surface area contributed by atoms with E-state index in [0.717, 1.165) is 19.4 Å². The van der Waals surface area contributed by atoms with E-state index in [4.69, 9.17) is 10.5 Å². The van der Waals surface area contributed by atoms with Crippen LogP contribution in [0.15, 0.2) is 0 Å². The Kier molecular flexibility index (Phi) is 10.3. The quantitative estimate of drug-likeness (QED) is 0.732. The molecule has 1 saturated carbocycles. The zero-order valence-corrected chi connectivity index (χ0v) is 13.1. The molecule has 114 valence electrons. The first kappa shape index (κ1) is 18.7. The summed E-state index contributed by atoms with van der Waals surface area (Å²) in [6.45, 7) is 6.79. The molecule has 4 nitrogen and oxygen atoms in total. The second-order valence-corrected chi connectivity index (χ2v) is 5.08. The molecule has 0 bridgehead atoms. The number of carbonyl (C=O) groups excluding carboxylic acids is 1. The molecule has 0 aromatic rings. The van der Waals surface area contributed by atoms with Crippen molar-refractivity contribution in [1.82, 2.24) is 4.90 Å².